The van der Waals surface area contributed by atoms with E-state index in [1.54, 1.807) is 30.4 Å². The summed E-state index contributed by atoms with van der Waals surface area (Å²) in [6.07, 6.45) is 4.04. The molecule has 10 nitrogen and oxygen atoms in total. The quantitative estimate of drug-likeness (QED) is 0.391. The Bertz CT molecular complexity index is 1500. The number of anilines is 3. The maximum atomic E-state index is 13.3. The highest BCUT2D eigenvalue weighted by molar-refractivity contribution is 6.12. The number of nitrogens with zero attached hydrogens (tertiary/aromatic N) is 5. The van der Waals surface area contributed by atoms with Gasteiger partial charge in [0.15, 0.2) is 5.82 Å². The minimum absolute atomic E-state index is 0.138. The van der Waals surface area contributed by atoms with Gasteiger partial charge in [0, 0.05) is 44.0 Å². The molecule has 0 spiro atoms. The number of pyridine rings is 2. The van der Waals surface area contributed by atoms with Gasteiger partial charge >= 0.3 is 5.97 Å². The number of rotatable bonds is 7. The van der Waals surface area contributed by atoms with E-state index in [4.69, 9.17) is 14.4 Å². The molecule has 3 aromatic heterocycles. The number of carboxylic acid groups (broad SMARTS) is 1. The standard InChI is InChI=1S/C27H25N5O5/c1-4-32-24-19(26(33)31(3)21-6-5-10-28-25(21)32)13-17(15-29-24)9-11-36-22-8-7-18(12-16(22)2)20-14-23(27(34)35)37-30-20/h5-8,10,12-15H,4,9,11H2,1-3H3,(H,34,35). The summed E-state index contributed by atoms with van der Waals surface area (Å²) in [6.45, 7) is 4.91. The molecule has 37 heavy (non-hydrogen) atoms. The van der Waals surface area contributed by atoms with Crippen LogP contribution in [-0.4, -0.2) is 52.3 Å². The average Bonchev–Trinajstić information content (AvgIpc) is 3.38. The Kier molecular flexibility index (Phi) is 6.31. The first-order valence-corrected chi connectivity index (χ1v) is 11.8. The first-order chi connectivity index (χ1) is 17.9. The fraction of sp³-hybridized carbons (Fsp3) is 0.222. The fourth-order valence-corrected chi connectivity index (χ4v) is 4.32. The highest BCUT2D eigenvalue weighted by Gasteiger charge is 2.30. The van der Waals surface area contributed by atoms with Gasteiger partial charge < -0.3 is 24.2 Å². The van der Waals surface area contributed by atoms with E-state index < -0.39 is 5.97 Å². The number of fused-ring (bicyclic) bond motifs is 2. The third kappa shape index (κ3) is 4.49. The van der Waals surface area contributed by atoms with Crippen LogP contribution in [-0.2, 0) is 6.42 Å². The zero-order chi connectivity index (χ0) is 26.1. The van der Waals surface area contributed by atoms with E-state index in [9.17, 15) is 9.59 Å². The molecule has 188 valence electrons. The molecular weight excluding hydrogens is 474 g/mol. The number of carbonyl (C=O) groups excluding carboxylic acids is 1. The SMILES string of the molecule is CCN1c2ncc(CCOc3ccc(-c4cc(C(=O)O)on4)cc3C)cc2C(=O)N(C)c2cccnc21. The second-order valence-electron chi connectivity index (χ2n) is 8.63. The van der Waals surface area contributed by atoms with Crippen LogP contribution in [0.1, 0.15) is 39.0 Å². The highest BCUT2D eigenvalue weighted by Crippen LogP contribution is 2.37. The minimum atomic E-state index is -1.17. The molecule has 10 heteroatoms. The molecule has 4 aromatic rings. The summed E-state index contributed by atoms with van der Waals surface area (Å²) in [5, 5.41) is 12.8. The van der Waals surface area contributed by atoms with E-state index in [1.807, 2.05) is 49.1 Å². The maximum Gasteiger partial charge on any atom is 0.374 e. The van der Waals surface area contributed by atoms with Gasteiger partial charge in [0.25, 0.3) is 5.91 Å². The van der Waals surface area contributed by atoms with E-state index in [1.165, 1.54) is 6.07 Å². The van der Waals surface area contributed by atoms with Crippen molar-refractivity contribution in [2.75, 3.05) is 30.0 Å². The van der Waals surface area contributed by atoms with Crippen LogP contribution in [0.2, 0.25) is 0 Å². The first-order valence-electron chi connectivity index (χ1n) is 11.8. The van der Waals surface area contributed by atoms with Crippen LogP contribution < -0.4 is 14.5 Å². The molecule has 4 heterocycles. The summed E-state index contributed by atoms with van der Waals surface area (Å²) in [5.74, 6) is 0.469. The smallest absolute Gasteiger partial charge is 0.374 e. The van der Waals surface area contributed by atoms with Crippen LogP contribution in [0.3, 0.4) is 0 Å². The van der Waals surface area contributed by atoms with Crippen LogP contribution in [0.15, 0.2) is 59.4 Å². The number of hydrogen-bond donors (Lipinski definition) is 1. The van der Waals surface area contributed by atoms with Crippen molar-refractivity contribution in [3.8, 4) is 17.0 Å². The molecule has 0 radical (unpaired) electrons. The Morgan fingerprint density at radius 3 is 2.70 bits per heavy atom. The Hall–Kier alpha value is -4.73. The Labute approximate surface area is 213 Å². The van der Waals surface area contributed by atoms with Gasteiger partial charge in [0.1, 0.15) is 17.3 Å². The highest BCUT2D eigenvalue weighted by atomic mass is 16.5. The Balaban J connectivity index is 1.31. The normalized spacial score (nSPS) is 12.7. The molecule has 1 aliphatic heterocycles. The third-order valence-corrected chi connectivity index (χ3v) is 6.25. The second kappa shape index (κ2) is 9.73. The van der Waals surface area contributed by atoms with Crippen molar-refractivity contribution in [3.63, 3.8) is 0 Å². The number of carbonyl (C=O) groups is 2. The first kappa shape index (κ1) is 24.0. The van der Waals surface area contributed by atoms with E-state index in [0.29, 0.717) is 48.2 Å². The van der Waals surface area contributed by atoms with Crippen LogP contribution in [0, 0.1) is 6.92 Å². The largest absolute Gasteiger partial charge is 0.493 e. The number of amides is 1. The summed E-state index contributed by atoms with van der Waals surface area (Å²) in [7, 11) is 1.75. The number of benzene rings is 1. The molecular formula is C27H25N5O5. The van der Waals surface area contributed by atoms with Crippen molar-refractivity contribution >= 4 is 29.2 Å². The zero-order valence-electron chi connectivity index (χ0n) is 20.6. The molecule has 0 unspecified atom stereocenters. The molecule has 0 saturated heterocycles. The van der Waals surface area contributed by atoms with Crippen molar-refractivity contribution in [2.45, 2.75) is 20.3 Å². The van der Waals surface area contributed by atoms with Crippen LogP contribution in [0.4, 0.5) is 17.3 Å². The van der Waals surface area contributed by atoms with Crippen LogP contribution in [0.25, 0.3) is 11.3 Å². The molecule has 1 N–H and O–H groups in total. The van der Waals surface area contributed by atoms with Crippen molar-refractivity contribution in [1.29, 1.82) is 0 Å². The Morgan fingerprint density at radius 1 is 1.14 bits per heavy atom. The molecule has 0 saturated carbocycles. The van der Waals surface area contributed by atoms with Gasteiger partial charge in [0.05, 0.1) is 17.9 Å². The lowest BCUT2D eigenvalue weighted by molar-refractivity contribution is 0.0652. The van der Waals surface area contributed by atoms with Gasteiger partial charge in [-0.05, 0) is 61.4 Å². The van der Waals surface area contributed by atoms with E-state index in [0.717, 1.165) is 22.4 Å². The van der Waals surface area contributed by atoms with Crippen molar-refractivity contribution in [3.05, 3.63) is 77.3 Å². The third-order valence-electron chi connectivity index (χ3n) is 6.25. The lowest BCUT2D eigenvalue weighted by Crippen LogP contribution is -2.25. The summed E-state index contributed by atoms with van der Waals surface area (Å²) in [5.41, 5.74) is 4.19. The summed E-state index contributed by atoms with van der Waals surface area (Å²) in [4.78, 5) is 37.0. The number of aryl methyl sites for hydroxylation is 1. The monoisotopic (exact) mass is 499 g/mol. The molecule has 0 aliphatic carbocycles. The van der Waals surface area contributed by atoms with Gasteiger partial charge in [-0.25, -0.2) is 14.8 Å². The predicted molar refractivity (Wildman–Crippen MR) is 137 cm³/mol. The lowest BCUT2D eigenvalue weighted by Gasteiger charge is -2.22. The van der Waals surface area contributed by atoms with Crippen LogP contribution >= 0.6 is 0 Å². The summed E-state index contributed by atoms with van der Waals surface area (Å²) in [6, 6.07) is 12.4. The van der Waals surface area contributed by atoms with Gasteiger partial charge in [0.2, 0.25) is 5.76 Å². The molecule has 0 bridgehead atoms. The molecule has 1 aromatic carbocycles. The average molecular weight is 500 g/mol. The molecule has 0 fully saturated rings. The zero-order valence-corrected chi connectivity index (χ0v) is 20.6. The number of aromatic nitrogens is 3. The van der Waals surface area contributed by atoms with Crippen molar-refractivity contribution in [2.24, 2.45) is 0 Å². The maximum absolute atomic E-state index is 13.3. The molecule has 5 rings (SSSR count). The lowest BCUT2D eigenvalue weighted by atomic mass is 10.1. The van der Waals surface area contributed by atoms with E-state index in [2.05, 4.69) is 15.1 Å². The molecule has 1 amide bonds. The van der Waals surface area contributed by atoms with Gasteiger partial charge in [-0.15, -0.1) is 0 Å². The molecule has 0 atom stereocenters. The number of aromatic carboxylic acids is 1. The van der Waals surface area contributed by atoms with Gasteiger partial charge in [-0.2, -0.15) is 0 Å². The minimum Gasteiger partial charge on any atom is -0.493 e. The van der Waals surface area contributed by atoms with Gasteiger partial charge in [-0.1, -0.05) is 5.16 Å². The van der Waals surface area contributed by atoms with Crippen molar-refractivity contribution in [1.82, 2.24) is 15.1 Å². The second-order valence-corrected chi connectivity index (χ2v) is 8.63. The van der Waals surface area contributed by atoms with Crippen LogP contribution in [0.5, 0.6) is 5.75 Å². The van der Waals surface area contributed by atoms with Crippen molar-refractivity contribution < 1.29 is 24.0 Å². The molecule has 1 aliphatic rings. The Morgan fingerprint density at radius 2 is 1.97 bits per heavy atom. The summed E-state index contributed by atoms with van der Waals surface area (Å²) < 4.78 is 10.8. The fourth-order valence-electron chi connectivity index (χ4n) is 4.32. The van der Waals surface area contributed by atoms with E-state index >= 15 is 0 Å². The number of carboxylic acids is 1. The van der Waals surface area contributed by atoms with E-state index in [-0.39, 0.29) is 11.7 Å². The summed E-state index contributed by atoms with van der Waals surface area (Å²) >= 11 is 0. The number of hydrogen-bond acceptors (Lipinski definition) is 8. The van der Waals surface area contributed by atoms with Gasteiger partial charge in [-0.3, -0.25) is 4.79 Å². The predicted octanol–water partition coefficient (Wildman–Crippen LogP) is 4.51. The number of ether oxygens (including phenoxy) is 1. The topological polar surface area (TPSA) is 122 Å².